The van der Waals surface area contributed by atoms with E-state index in [0.29, 0.717) is 11.3 Å². The average Bonchev–Trinajstić information content (AvgIpc) is 2.80. The predicted molar refractivity (Wildman–Crippen MR) is 136 cm³/mol. The first-order valence-electron chi connectivity index (χ1n) is 11.4. The van der Waals surface area contributed by atoms with E-state index in [-0.39, 0.29) is 0 Å². The average molecular weight is 451 g/mol. The van der Waals surface area contributed by atoms with Crippen LogP contribution in [0.25, 0.3) is 5.57 Å². The maximum Gasteiger partial charge on any atom is 0.339 e. The number of urea groups is 1. The van der Waals surface area contributed by atoms with Crippen LogP contribution in [0.15, 0.2) is 59.7 Å². The summed E-state index contributed by atoms with van der Waals surface area (Å²) in [4.78, 5) is 26.0. The number of nitrogens with zero attached hydrogens (tertiary/aromatic N) is 2. The Kier molecular flexibility index (Phi) is 10.7. The monoisotopic (exact) mass is 450 g/mol. The number of hydrogen-bond acceptors (Lipinski definition) is 4. The number of benzene rings is 2. The SMILES string of the molecule is CCCCN(CCCC)c1ccc(/C(C)=C/C(=O)O)cc1NC(=O)N/N=C/c1ccccc1. The van der Waals surface area contributed by atoms with Crippen LogP contribution in [0.3, 0.4) is 0 Å². The molecule has 0 unspecified atom stereocenters. The molecular weight excluding hydrogens is 416 g/mol. The number of hydrogen-bond donors (Lipinski definition) is 3. The summed E-state index contributed by atoms with van der Waals surface area (Å²) in [6.07, 6.45) is 6.95. The number of allylic oxidation sites excluding steroid dienone is 1. The van der Waals surface area contributed by atoms with Crippen molar-refractivity contribution in [3.8, 4) is 0 Å². The summed E-state index contributed by atoms with van der Waals surface area (Å²) < 4.78 is 0. The third-order valence-electron chi connectivity index (χ3n) is 5.12. The molecule has 0 saturated carbocycles. The van der Waals surface area contributed by atoms with Gasteiger partial charge in [-0.05, 0) is 48.6 Å². The summed E-state index contributed by atoms with van der Waals surface area (Å²) in [6, 6.07) is 14.7. The molecule has 0 aliphatic rings. The summed E-state index contributed by atoms with van der Waals surface area (Å²) >= 11 is 0. The summed E-state index contributed by atoms with van der Waals surface area (Å²) in [6.45, 7) is 7.80. The fraction of sp³-hybridized carbons (Fsp3) is 0.346. The first kappa shape index (κ1) is 25.6. The van der Waals surface area contributed by atoms with Gasteiger partial charge < -0.3 is 15.3 Å². The second-order valence-electron chi connectivity index (χ2n) is 7.83. The highest BCUT2D eigenvalue weighted by Crippen LogP contribution is 2.30. The van der Waals surface area contributed by atoms with Crippen LogP contribution in [-0.4, -0.2) is 36.4 Å². The van der Waals surface area contributed by atoms with Crippen LogP contribution in [0.5, 0.6) is 0 Å². The molecule has 33 heavy (non-hydrogen) atoms. The van der Waals surface area contributed by atoms with Crippen molar-refractivity contribution >= 4 is 35.2 Å². The van der Waals surface area contributed by atoms with Crippen LogP contribution < -0.4 is 15.6 Å². The first-order chi connectivity index (χ1) is 15.9. The van der Waals surface area contributed by atoms with Crippen LogP contribution in [0.1, 0.15) is 57.6 Å². The summed E-state index contributed by atoms with van der Waals surface area (Å²) in [5, 5.41) is 16.0. The summed E-state index contributed by atoms with van der Waals surface area (Å²) in [5.41, 5.74) is 6.24. The van der Waals surface area contributed by atoms with E-state index in [2.05, 4.69) is 34.6 Å². The number of carbonyl (C=O) groups is 2. The van der Waals surface area contributed by atoms with Crippen molar-refractivity contribution in [2.45, 2.75) is 46.5 Å². The lowest BCUT2D eigenvalue weighted by Gasteiger charge is -2.27. The van der Waals surface area contributed by atoms with Gasteiger partial charge in [0.15, 0.2) is 0 Å². The van der Waals surface area contributed by atoms with Crippen molar-refractivity contribution < 1.29 is 14.7 Å². The zero-order valence-corrected chi connectivity index (χ0v) is 19.7. The number of carboxylic acids is 1. The van der Waals surface area contributed by atoms with Gasteiger partial charge in [0, 0.05) is 19.2 Å². The first-order valence-corrected chi connectivity index (χ1v) is 11.4. The molecule has 3 N–H and O–H groups in total. The number of carbonyl (C=O) groups excluding carboxylic acids is 1. The Balaban J connectivity index is 2.29. The Morgan fingerprint density at radius 3 is 2.30 bits per heavy atom. The molecule has 0 heterocycles. The van der Waals surface area contributed by atoms with Crippen LogP contribution in [0.4, 0.5) is 16.2 Å². The van der Waals surface area contributed by atoms with Gasteiger partial charge >= 0.3 is 12.0 Å². The molecule has 0 radical (unpaired) electrons. The summed E-state index contributed by atoms with van der Waals surface area (Å²) in [7, 11) is 0. The van der Waals surface area contributed by atoms with Gasteiger partial charge in [0.25, 0.3) is 0 Å². The van der Waals surface area contributed by atoms with E-state index >= 15 is 0 Å². The van der Waals surface area contributed by atoms with E-state index in [1.54, 1.807) is 13.1 Å². The molecule has 0 fully saturated rings. The maximum absolute atomic E-state index is 12.6. The van der Waals surface area contributed by atoms with Crippen molar-refractivity contribution in [1.82, 2.24) is 5.43 Å². The number of carboxylic acid groups (broad SMARTS) is 1. The Bertz CT molecular complexity index is 963. The Labute approximate surface area is 196 Å². The fourth-order valence-electron chi connectivity index (χ4n) is 3.33. The number of unbranched alkanes of at least 4 members (excludes halogenated alkanes) is 2. The highest BCUT2D eigenvalue weighted by atomic mass is 16.4. The van der Waals surface area contributed by atoms with Crippen molar-refractivity contribution in [3.05, 3.63) is 65.7 Å². The molecule has 0 aromatic heterocycles. The number of anilines is 2. The minimum atomic E-state index is -1.01. The second-order valence-corrected chi connectivity index (χ2v) is 7.83. The van der Waals surface area contributed by atoms with E-state index in [1.165, 1.54) is 0 Å². The zero-order valence-electron chi connectivity index (χ0n) is 19.7. The lowest BCUT2D eigenvalue weighted by Crippen LogP contribution is -2.29. The molecular formula is C26H34N4O3. The van der Waals surface area contributed by atoms with Gasteiger partial charge in [-0.15, -0.1) is 0 Å². The molecule has 0 saturated heterocycles. The fourth-order valence-corrected chi connectivity index (χ4v) is 3.33. The molecule has 0 atom stereocenters. The number of rotatable bonds is 12. The largest absolute Gasteiger partial charge is 0.478 e. The van der Waals surface area contributed by atoms with Crippen LogP contribution in [0.2, 0.25) is 0 Å². The predicted octanol–water partition coefficient (Wildman–Crippen LogP) is 5.74. The van der Waals surface area contributed by atoms with E-state index in [9.17, 15) is 9.59 Å². The van der Waals surface area contributed by atoms with Gasteiger partial charge in [-0.3, -0.25) is 0 Å². The van der Waals surface area contributed by atoms with Crippen molar-refractivity contribution in [3.63, 3.8) is 0 Å². The molecule has 7 heteroatoms. The van der Waals surface area contributed by atoms with Gasteiger partial charge in [-0.2, -0.15) is 5.10 Å². The minimum Gasteiger partial charge on any atom is -0.478 e. The van der Waals surface area contributed by atoms with Crippen molar-refractivity contribution in [2.24, 2.45) is 5.10 Å². The van der Waals surface area contributed by atoms with Gasteiger partial charge in [-0.1, -0.05) is 63.1 Å². The number of nitrogens with one attached hydrogen (secondary N) is 2. The molecule has 176 valence electrons. The van der Waals surface area contributed by atoms with E-state index in [1.807, 2.05) is 48.5 Å². The normalized spacial score (nSPS) is 11.4. The highest BCUT2D eigenvalue weighted by molar-refractivity contribution is 5.96. The standard InChI is InChI=1S/C26H34N4O3/c1-4-6-15-30(16-7-5-2)24-14-13-22(20(3)17-25(31)32)18-23(24)28-26(33)29-27-19-21-11-9-8-10-12-21/h8-14,17-19H,4-7,15-16H2,1-3H3,(H,31,32)(H2,28,29,33)/b20-17+,27-19+. The highest BCUT2D eigenvalue weighted by Gasteiger charge is 2.15. The van der Waals surface area contributed by atoms with Gasteiger partial charge in [0.2, 0.25) is 0 Å². The second kappa shape index (κ2) is 13.7. The quantitative estimate of drug-likeness (QED) is 0.218. The molecule has 0 bridgehead atoms. The Morgan fingerprint density at radius 1 is 1.03 bits per heavy atom. The Morgan fingerprint density at radius 2 is 1.70 bits per heavy atom. The lowest BCUT2D eigenvalue weighted by molar-refractivity contribution is -0.131. The van der Waals surface area contributed by atoms with E-state index < -0.39 is 12.0 Å². The molecule has 0 aliphatic heterocycles. The Hall–Kier alpha value is -3.61. The third-order valence-corrected chi connectivity index (χ3v) is 5.12. The molecule has 2 aromatic rings. The summed E-state index contributed by atoms with van der Waals surface area (Å²) in [5.74, 6) is -1.01. The molecule has 7 nitrogen and oxygen atoms in total. The van der Waals surface area contributed by atoms with Gasteiger partial charge in [0.1, 0.15) is 0 Å². The number of amides is 2. The van der Waals surface area contributed by atoms with Gasteiger partial charge in [0.05, 0.1) is 17.6 Å². The van der Waals surface area contributed by atoms with Crippen LogP contribution in [-0.2, 0) is 4.79 Å². The molecule has 0 aliphatic carbocycles. The smallest absolute Gasteiger partial charge is 0.339 e. The minimum absolute atomic E-state index is 0.466. The van der Waals surface area contributed by atoms with E-state index in [0.717, 1.165) is 61.7 Å². The van der Waals surface area contributed by atoms with Crippen molar-refractivity contribution in [2.75, 3.05) is 23.3 Å². The molecule has 2 rings (SSSR count). The molecule has 2 aromatic carbocycles. The lowest BCUT2D eigenvalue weighted by atomic mass is 10.0. The maximum atomic E-state index is 12.6. The number of hydrazone groups is 1. The van der Waals surface area contributed by atoms with Crippen LogP contribution >= 0.6 is 0 Å². The topological polar surface area (TPSA) is 94.0 Å². The van der Waals surface area contributed by atoms with Crippen molar-refractivity contribution in [1.29, 1.82) is 0 Å². The van der Waals surface area contributed by atoms with Gasteiger partial charge in [-0.25, -0.2) is 15.0 Å². The molecule has 2 amide bonds. The van der Waals surface area contributed by atoms with Crippen LogP contribution in [0, 0.1) is 0 Å². The molecule has 0 spiro atoms. The van der Waals surface area contributed by atoms with E-state index in [4.69, 9.17) is 5.11 Å². The third kappa shape index (κ3) is 8.80. The zero-order chi connectivity index (χ0) is 24.1. The number of aliphatic carboxylic acids is 1.